The van der Waals surface area contributed by atoms with E-state index >= 15 is 0 Å². The Hall–Kier alpha value is -1.68. The van der Waals surface area contributed by atoms with E-state index in [-0.39, 0.29) is 5.82 Å². The van der Waals surface area contributed by atoms with Crippen molar-refractivity contribution in [3.63, 3.8) is 0 Å². The van der Waals surface area contributed by atoms with Gasteiger partial charge in [0, 0.05) is 17.8 Å². The normalized spacial score (nSPS) is 10.7. The van der Waals surface area contributed by atoms with Crippen LogP contribution in [-0.4, -0.2) is 17.2 Å². The summed E-state index contributed by atoms with van der Waals surface area (Å²) in [5.41, 5.74) is 3.98. The first-order chi connectivity index (χ1) is 7.72. The lowest BCUT2D eigenvalue weighted by Crippen LogP contribution is -2.06. The number of benzene rings is 1. The van der Waals surface area contributed by atoms with Crippen LogP contribution in [0.25, 0.3) is 11.1 Å². The lowest BCUT2D eigenvalue weighted by Gasteiger charge is -2.03. The van der Waals surface area contributed by atoms with E-state index in [0.717, 1.165) is 22.5 Å². The van der Waals surface area contributed by atoms with Crippen molar-refractivity contribution in [1.82, 2.24) is 15.5 Å². The highest BCUT2D eigenvalue weighted by molar-refractivity contribution is 5.68. The number of aromatic nitrogens is 2. The van der Waals surface area contributed by atoms with Crippen LogP contribution in [0.1, 0.15) is 11.4 Å². The summed E-state index contributed by atoms with van der Waals surface area (Å²) in [6, 6.07) is 6.47. The van der Waals surface area contributed by atoms with E-state index in [4.69, 9.17) is 0 Å². The van der Waals surface area contributed by atoms with Gasteiger partial charge in [-0.1, -0.05) is 12.1 Å². The summed E-state index contributed by atoms with van der Waals surface area (Å²) in [6.07, 6.45) is 0. The third-order valence-corrected chi connectivity index (χ3v) is 2.50. The van der Waals surface area contributed by atoms with Crippen molar-refractivity contribution in [2.24, 2.45) is 0 Å². The monoisotopic (exact) mass is 219 g/mol. The van der Waals surface area contributed by atoms with Gasteiger partial charge in [-0.25, -0.2) is 4.39 Å². The van der Waals surface area contributed by atoms with Crippen molar-refractivity contribution in [1.29, 1.82) is 0 Å². The fourth-order valence-corrected chi connectivity index (χ4v) is 1.77. The van der Waals surface area contributed by atoms with Crippen molar-refractivity contribution in [3.8, 4) is 11.1 Å². The van der Waals surface area contributed by atoms with Gasteiger partial charge in [-0.2, -0.15) is 5.10 Å². The Morgan fingerprint density at radius 1 is 1.31 bits per heavy atom. The van der Waals surface area contributed by atoms with Crippen LogP contribution in [0.15, 0.2) is 24.3 Å². The quantitative estimate of drug-likeness (QED) is 0.831. The van der Waals surface area contributed by atoms with Crippen LogP contribution in [0.5, 0.6) is 0 Å². The van der Waals surface area contributed by atoms with E-state index in [1.54, 1.807) is 12.1 Å². The third-order valence-electron chi connectivity index (χ3n) is 2.50. The number of halogens is 1. The highest BCUT2D eigenvalue weighted by Crippen LogP contribution is 2.25. The van der Waals surface area contributed by atoms with Crippen LogP contribution in [0, 0.1) is 12.7 Å². The molecular weight excluding hydrogens is 205 g/mol. The Morgan fingerprint density at radius 2 is 2.00 bits per heavy atom. The lowest BCUT2D eigenvalue weighted by atomic mass is 10.0. The van der Waals surface area contributed by atoms with Crippen LogP contribution in [0.3, 0.4) is 0 Å². The number of hydrogen-bond donors (Lipinski definition) is 2. The number of nitrogens with zero attached hydrogens (tertiary/aromatic N) is 1. The standard InChI is InChI=1S/C12H14FN3/c1-8-12(11(7-14-2)16-15-8)9-3-5-10(13)6-4-9/h3-6,14H,7H2,1-2H3,(H,15,16). The smallest absolute Gasteiger partial charge is 0.123 e. The molecular formula is C12H14FN3. The minimum Gasteiger partial charge on any atom is -0.314 e. The maximum Gasteiger partial charge on any atom is 0.123 e. The summed E-state index contributed by atoms with van der Waals surface area (Å²) < 4.78 is 12.8. The topological polar surface area (TPSA) is 40.7 Å². The second kappa shape index (κ2) is 4.45. The molecule has 0 saturated heterocycles. The first-order valence-corrected chi connectivity index (χ1v) is 5.16. The summed E-state index contributed by atoms with van der Waals surface area (Å²) in [6.45, 7) is 2.65. The summed E-state index contributed by atoms with van der Waals surface area (Å²) >= 11 is 0. The van der Waals surface area contributed by atoms with Crippen molar-refractivity contribution >= 4 is 0 Å². The molecule has 2 aromatic rings. The van der Waals surface area contributed by atoms with Crippen molar-refractivity contribution < 1.29 is 4.39 Å². The molecule has 2 rings (SSSR count). The molecule has 4 heteroatoms. The van der Waals surface area contributed by atoms with E-state index < -0.39 is 0 Å². The average Bonchev–Trinajstić information content (AvgIpc) is 2.62. The second-order valence-corrected chi connectivity index (χ2v) is 3.71. The van der Waals surface area contributed by atoms with E-state index in [1.807, 2.05) is 14.0 Å². The SMILES string of the molecule is CNCc1n[nH]c(C)c1-c1ccc(F)cc1. The zero-order chi connectivity index (χ0) is 11.5. The minimum absolute atomic E-state index is 0.222. The molecule has 0 fully saturated rings. The van der Waals surface area contributed by atoms with Gasteiger partial charge >= 0.3 is 0 Å². The molecule has 2 N–H and O–H groups in total. The van der Waals surface area contributed by atoms with Gasteiger partial charge in [-0.15, -0.1) is 0 Å². The second-order valence-electron chi connectivity index (χ2n) is 3.71. The summed E-state index contributed by atoms with van der Waals surface area (Å²) in [4.78, 5) is 0. The molecule has 0 saturated carbocycles. The first-order valence-electron chi connectivity index (χ1n) is 5.16. The molecule has 0 aliphatic heterocycles. The summed E-state index contributed by atoms with van der Waals surface area (Å²) in [7, 11) is 1.87. The van der Waals surface area contributed by atoms with Gasteiger partial charge < -0.3 is 5.32 Å². The number of H-pyrrole nitrogens is 1. The Bertz CT molecular complexity index is 474. The fourth-order valence-electron chi connectivity index (χ4n) is 1.77. The number of aryl methyl sites for hydroxylation is 1. The Labute approximate surface area is 93.7 Å². The number of nitrogens with one attached hydrogen (secondary N) is 2. The zero-order valence-electron chi connectivity index (χ0n) is 9.34. The Balaban J connectivity index is 2.45. The van der Waals surface area contributed by atoms with E-state index in [2.05, 4.69) is 15.5 Å². The van der Waals surface area contributed by atoms with Gasteiger partial charge in [0.05, 0.1) is 5.69 Å². The Morgan fingerprint density at radius 3 is 2.62 bits per heavy atom. The van der Waals surface area contributed by atoms with E-state index in [0.29, 0.717) is 6.54 Å². The molecule has 16 heavy (non-hydrogen) atoms. The predicted octanol–water partition coefficient (Wildman–Crippen LogP) is 2.24. The van der Waals surface area contributed by atoms with Gasteiger partial charge in [0.2, 0.25) is 0 Å². The summed E-state index contributed by atoms with van der Waals surface area (Å²) in [5, 5.41) is 10.2. The van der Waals surface area contributed by atoms with Crippen LogP contribution in [0.4, 0.5) is 4.39 Å². The van der Waals surface area contributed by atoms with Crippen LogP contribution in [0.2, 0.25) is 0 Å². The number of rotatable bonds is 3. The molecule has 3 nitrogen and oxygen atoms in total. The molecule has 0 aliphatic rings. The van der Waals surface area contributed by atoms with E-state index in [9.17, 15) is 4.39 Å². The molecule has 0 unspecified atom stereocenters. The Kier molecular flexibility index (Phi) is 3.01. The molecule has 1 aromatic carbocycles. The van der Waals surface area contributed by atoms with Gasteiger partial charge in [-0.3, -0.25) is 5.10 Å². The molecule has 0 aliphatic carbocycles. The molecule has 0 amide bonds. The molecule has 0 bridgehead atoms. The average molecular weight is 219 g/mol. The van der Waals surface area contributed by atoms with Crippen LogP contribution in [-0.2, 0) is 6.54 Å². The highest BCUT2D eigenvalue weighted by Gasteiger charge is 2.11. The predicted molar refractivity (Wildman–Crippen MR) is 61.5 cm³/mol. The molecule has 84 valence electrons. The maximum atomic E-state index is 12.8. The van der Waals surface area contributed by atoms with Gasteiger partial charge in [0.15, 0.2) is 0 Å². The van der Waals surface area contributed by atoms with Crippen molar-refractivity contribution in [3.05, 3.63) is 41.5 Å². The third kappa shape index (κ3) is 1.97. The highest BCUT2D eigenvalue weighted by atomic mass is 19.1. The summed E-state index contributed by atoms with van der Waals surface area (Å²) in [5.74, 6) is -0.222. The number of hydrogen-bond acceptors (Lipinski definition) is 2. The molecule has 1 heterocycles. The first kappa shape index (κ1) is 10.8. The zero-order valence-corrected chi connectivity index (χ0v) is 9.34. The van der Waals surface area contributed by atoms with Gasteiger partial charge in [-0.05, 0) is 31.7 Å². The molecule has 0 radical (unpaired) electrons. The number of aromatic amines is 1. The molecule has 0 spiro atoms. The lowest BCUT2D eigenvalue weighted by molar-refractivity contribution is 0.628. The van der Waals surface area contributed by atoms with Gasteiger partial charge in [0.1, 0.15) is 5.82 Å². The van der Waals surface area contributed by atoms with Crippen molar-refractivity contribution in [2.75, 3.05) is 7.05 Å². The minimum atomic E-state index is -0.222. The maximum absolute atomic E-state index is 12.8. The van der Waals surface area contributed by atoms with Gasteiger partial charge in [0.25, 0.3) is 0 Å². The molecule has 1 aromatic heterocycles. The van der Waals surface area contributed by atoms with Crippen LogP contribution >= 0.6 is 0 Å². The van der Waals surface area contributed by atoms with Crippen molar-refractivity contribution in [2.45, 2.75) is 13.5 Å². The largest absolute Gasteiger partial charge is 0.314 e. The fraction of sp³-hybridized carbons (Fsp3) is 0.250. The van der Waals surface area contributed by atoms with Crippen LogP contribution < -0.4 is 5.32 Å². The van der Waals surface area contributed by atoms with E-state index in [1.165, 1.54) is 12.1 Å². The molecule has 0 atom stereocenters.